The van der Waals surface area contributed by atoms with Crippen LogP contribution in [0.3, 0.4) is 0 Å². The van der Waals surface area contributed by atoms with Crippen LogP contribution in [0.4, 0.5) is 0 Å². The number of carboxylic acid groups (broad SMARTS) is 2. The lowest BCUT2D eigenvalue weighted by Crippen LogP contribution is -2.50. The monoisotopic (exact) mass is 423 g/mol. The summed E-state index contributed by atoms with van der Waals surface area (Å²) in [5, 5.41) is 22.1. The molecule has 0 bridgehead atoms. The van der Waals surface area contributed by atoms with E-state index in [1.54, 1.807) is 12.3 Å². The van der Waals surface area contributed by atoms with Gasteiger partial charge in [0.05, 0.1) is 6.54 Å². The molecule has 8 nitrogen and oxygen atoms in total. The van der Waals surface area contributed by atoms with Crippen LogP contribution >= 0.6 is 11.6 Å². The van der Waals surface area contributed by atoms with Gasteiger partial charge in [0.2, 0.25) is 0 Å². The number of hydrogen-bond donors (Lipinski definition) is 3. The number of aliphatic carboxylic acids is 2. The van der Waals surface area contributed by atoms with Gasteiger partial charge in [0.25, 0.3) is 0 Å². The van der Waals surface area contributed by atoms with Gasteiger partial charge in [-0.25, -0.2) is 4.79 Å². The quantitative estimate of drug-likeness (QED) is 0.510. The minimum Gasteiger partial charge on any atom is -0.480 e. The molecule has 1 heterocycles. The van der Waals surface area contributed by atoms with Crippen LogP contribution in [0.25, 0.3) is 0 Å². The van der Waals surface area contributed by atoms with Crippen molar-refractivity contribution < 1.29 is 19.8 Å². The van der Waals surface area contributed by atoms with Gasteiger partial charge in [-0.15, -0.1) is 0 Å². The number of imidazole rings is 1. The molecule has 0 radical (unpaired) electrons. The van der Waals surface area contributed by atoms with Crippen LogP contribution in [0.1, 0.15) is 25.8 Å². The van der Waals surface area contributed by atoms with Crippen molar-refractivity contribution in [3.05, 3.63) is 57.7 Å². The maximum Gasteiger partial charge on any atom is 0.328 e. The van der Waals surface area contributed by atoms with Crippen molar-refractivity contribution in [2.75, 3.05) is 0 Å². The highest BCUT2D eigenvalue weighted by Gasteiger charge is 2.27. The zero-order valence-electron chi connectivity index (χ0n) is 16.4. The molecule has 158 valence electrons. The molecule has 0 aliphatic rings. The Bertz CT molecular complexity index is 906. The van der Waals surface area contributed by atoms with Crippen molar-refractivity contribution in [1.82, 2.24) is 14.5 Å². The fourth-order valence-electron chi connectivity index (χ4n) is 3.06. The lowest BCUT2D eigenvalue weighted by molar-refractivity contribution is -0.143. The number of halogens is 1. The van der Waals surface area contributed by atoms with Gasteiger partial charge in [0.1, 0.15) is 12.1 Å². The van der Waals surface area contributed by atoms with Crippen molar-refractivity contribution in [3.8, 4) is 0 Å². The summed E-state index contributed by atoms with van der Waals surface area (Å²) in [6.45, 7) is 3.97. The van der Waals surface area contributed by atoms with E-state index >= 15 is 0 Å². The van der Waals surface area contributed by atoms with Gasteiger partial charge < -0.3 is 10.2 Å². The molecule has 3 N–H and O–H groups in total. The van der Waals surface area contributed by atoms with E-state index in [0.717, 1.165) is 5.56 Å². The molecule has 2 aromatic rings. The van der Waals surface area contributed by atoms with Crippen LogP contribution in [0.5, 0.6) is 0 Å². The van der Waals surface area contributed by atoms with Gasteiger partial charge in [-0.2, -0.15) is 0 Å². The Morgan fingerprint density at radius 2 is 1.76 bits per heavy atom. The van der Waals surface area contributed by atoms with Gasteiger partial charge in [-0.1, -0.05) is 37.6 Å². The SMILES string of the molecule is CC(C)C[C@H](NC(Cn1ccn(CCc2cccc(Cl)c2)c1=O)C(=O)O)C(=O)O. The summed E-state index contributed by atoms with van der Waals surface area (Å²) >= 11 is 5.97. The summed E-state index contributed by atoms with van der Waals surface area (Å²) in [7, 11) is 0. The third-order valence-electron chi connectivity index (χ3n) is 4.53. The van der Waals surface area contributed by atoms with Crippen molar-refractivity contribution in [2.24, 2.45) is 5.92 Å². The molecule has 29 heavy (non-hydrogen) atoms. The van der Waals surface area contributed by atoms with E-state index in [1.807, 2.05) is 32.0 Å². The van der Waals surface area contributed by atoms with E-state index in [0.29, 0.717) is 18.0 Å². The van der Waals surface area contributed by atoms with Crippen molar-refractivity contribution in [1.29, 1.82) is 0 Å². The van der Waals surface area contributed by atoms with Gasteiger partial charge in [0.15, 0.2) is 0 Å². The normalized spacial score (nSPS) is 13.4. The van der Waals surface area contributed by atoms with E-state index in [9.17, 15) is 24.6 Å². The molecule has 0 saturated carbocycles. The smallest absolute Gasteiger partial charge is 0.328 e. The van der Waals surface area contributed by atoms with Crippen LogP contribution < -0.4 is 11.0 Å². The van der Waals surface area contributed by atoms with Crippen molar-refractivity contribution in [2.45, 2.75) is 51.9 Å². The Morgan fingerprint density at radius 1 is 1.10 bits per heavy atom. The van der Waals surface area contributed by atoms with Crippen LogP contribution in [0, 0.1) is 5.92 Å². The van der Waals surface area contributed by atoms with E-state index in [2.05, 4.69) is 5.32 Å². The summed E-state index contributed by atoms with van der Waals surface area (Å²) in [6.07, 6.45) is 3.99. The lowest BCUT2D eigenvalue weighted by Gasteiger charge is -2.21. The highest BCUT2D eigenvalue weighted by Crippen LogP contribution is 2.11. The van der Waals surface area contributed by atoms with E-state index in [4.69, 9.17) is 11.6 Å². The van der Waals surface area contributed by atoms with Gasteiger partial charge >= 0.3 is 17.6 Å². The number of aryl methyl sites for hydroxylation is 2. The predicted octanol–water partition coefficient (Wildman–Crippen LogP) is 2.09. The number of nitrogens with zero attached hydrogens (tertiary/aromatic N) is 2. The van der Waals surface area contributed by atoms with Crippen LogP contribution in [-0.2, 0) is 29.1 Å². The van der Waals surface area contributed by atoms with E-state index < -0.39 is 24.0 Å². The standard InChI is InChI=1S/C20H26ClN3O5/c1-13(2)10-16(18(25)26)22-17(19(27)28)12-24-9-8-23(20(24)29)7-6-14-4-3-5-15(21)11-14/h3-5,8-9,11,13,16-17,22H,6-7,10,12H2,1-2H3,(H,25,26)(H,27,28)/t16-,17?/m0/s1. The zero-order chi connectivity index (χ0) is 21.6. The number of carbonyl (C=O) groups is 2. The topological polar surface area (TPSA) is 114 Å². The van der Waals surface area contributed by atoms with Gasteiger partial charge in [-0.3, -0.25) is 24.0 Å². The fraction of sp³-hybridized carbons (Fsp3) is 0.450. The largest absolute Gasteiger partial charge is 0.480 e. The van der Waals surface area contributed by atoms with Crippen LogP contribution in [0.15, 0.2) is 41.5 Å². The van der Waals surface area contributed by atoms with Gasteiger partial charge in [0, 0.05) is 24.0 Å². The Kier molecular flexibility index (Phi) is 8.04. The van der Waals surface area contributed by atoms with Crippen LogP contribution in [0.2, 0.25) is 5.02 Å². The third kappa shape index (κ3) is 6.76. The second-order valence-electron chi connectivity index (χ2n) is 7.38. The maximum absolute atomic E-state index is 12.6. The zero-order valence-corrected chi connectivity index (χ0v) is 17.2. The Labute approximate surface area is 173 Å². The molecular weight excluding hydrogens is 398 g/mol. The van der Waals surface area contributed by atoms with Crippen LogP contribution in [-0.4, -0.2) is 43.4 Å². The molecule has 0 aliphatic heterocycles. The van der Waals surface area contributed by atoms with Crippen molar-refractivity contribution in [3.63, 3.8) is 0 Å². The number of carboxylic acids is 2. The first kappa shape index (κ1) is 22.7. The molecule has 0 amide bonds. The maximum atomic E-state index is 12.6. The minimum atomic E-state index is -1.21. The average molecular weight is 424 g/mol. The fourth-order valence-corrected chi connectivity index (χ4v) is 3.27. The molecule has 2 rings (SSSR count). The summed E-state index contributed by atoms with van der Waals surface area (Å²) in [5.41, 5.74) is 0.635. The van der Waals surface area contributed by atoms with Gasteiger partial charge in [-0.05, 0) is 36.5 Å². The molecule has 1 aromatic carbocycles. The summed E-state index contributed by atoms with van der Waals surface area (Å²) in [5.74, 6) is -2.25. The average Bonchev–Trinajstić information content (AvgIpc) is 2.98. The molecule has 0 aliphatic carbocycles. The molecule has 1 unspecified atom stereocenters. The highest BCUT2D eigenvalue weighted by atomic mass is 35.5. The first-order valence-corrected chi connectivity index (χ1v) is 9.76. The summed E-state index contributed by atoms with van der Waals surface area (Å²) < 4.78 is 2.76. The molecule has 2 atom stereocenters. The number of hydrogen-bond acceptors (Lipinski definition) is 4. The second-order valence-corrected chi connectivity index (χ2v) is 7.82. The lowest BCUT2D eigenvalue weighted by atomic mass is 10.0. The molecule has 9 heteroatoms. The number of aromatic nitrogens is 2. The Morgan fingerprint density at radius 3 is 2.34 bits per heavy atom. The molecule has 0 saturated heterocycles. The third-order valence-corrected chi connectivity index (χ3v) is 4.77. The molecule has 0 spiro atoms. The first-order valence-electron chi connectivity index (χ1n) is 9.39. The Hall–Kier alpha value is -2.58. The van der Waals surface area contributed by atoms with E-state index in [-0.39, 0.29) is 24.6 Å². The molecule has 0 fully saturated rings. The van der Waals surface area contributed by atoms with Crippen molar-refractivity contribution >= 4 is 23.5 Å². The first-order chi connectivity index (χ1) is 13.7. The second kappa shape index (κ2) is 10.3. The Balaban J connectivity index is 2.07. The number of nitrogens with one attached hydrogen (secondary N) is 1. The highest BCUT2D eigenvalue weighted by molar-refractivity contribution is 6.30. The number of rotatable bonds is 11. The van der Waals surface area contributed by atoms with E-state index in [1.165, 1.54) is 15.3 Å². The predicted molar refractivity (Wildman–Crippen MR) is 109 cm³/mol. The summed E-state index contributed by atoms with van der Waals surface area (Å²) in [4.78, 5) is 35.6. The summed E-state index contributed by atoms with van der Waals surface area (Å²) in [6, 6.07) is 5.16. The minimum absolute atomic E-state index is 0.0772. The number of benzene rings is 1. The molecular formula is C20H26ClN3O5. The molecule has 1 aromatic heterocycles.